The summed E-state index contributed by atoms with van der Waals surface area (Å²) in [5.74, 6) is 0. The first kappa shape index (κ1) is 14.8. The molecule has 0 bridgehead atoms. The number of hydrogen-bond donors (Lipinski definition) is 2. The number of aryl methyl sites for hydroxylation is 2. The summed E-state index contributed by atoms with van der Waals surface area (Å²) in [6.45, 7) is 4.66. The number of hydrogen-bond acceptors (Lipinski definition) is 3. The summed E-state index contributed by atoms with van der Waals surface area (Å²) >= 11 is 0. The molecule has 4 heteroatoms. The SMILES string of the molecule is COCc1cccc(CNCCCc2cn[nH]c2C)c1. The van der Waals surface area contributed by atoms with Crippen molar-refractivity contribution in [1.29, 1.82) is 0 Å². The standard InChI is InChI=1S/C16H23N3O/c1-13-16(11-18-19-13)7-4-8-17-10-14-5-3-6-15(9-14)12-20-2/h3,5-6,9,11,17H,4,7-8,10,12H2,1-2H3,(H,18,19). The van der Waals surface area contributed by atoms with Gasteiger partial charge >= 0.3 is 0 Å². The number of rotatable bonds is 8. The van der Waals surface area contributed by atoms with Crippen LogP contribution in [0.15, 0.2) is 30.5 Å². The Bertz CT molecular complexity index is 522. The molecule has 1 aromatic carbocycles. The zero-order chi connectivity index (χ0) is 14.2. The fourth-order valence-corrected chi connectivity index (χ4v) is 2.26. The van der Waals surface area contributed by atoms with E-state index in [0.717, 1.165) is 25.9 Å². The molecule has 0 aliphatic heterocycles. The van der Waals surface area contributed by atoms with E-state index in [1.807, 2.05) is 6.20 Å². The van der Waals surface area contributed by atoms with E-state index in [1.54, 1.807) is 7.11 Å². The van der Waals surface area contributed by atoms with Crippen molar-refractivity contribution in [1.82, 2.24) is 15.5 Å². The second-order valence-corrected chi connectivity index (χ2v) is 5.05. The zero-order valence-corrected chi connectivity index (χ0v) is 12.3. The van der Waals surface area contributed by atoms with E-state index in [-0.39, 0.29) is 0 Å². The molecule has 2 aromatic rings. The molecule has 0 saturated carbocycles. The first-order valence-corrected chi connectivity index (χ1v) is 7.06. The van der Waals surface area contributed by atoms with Crippen molar-refractivity contribution in [2.75, 3.05) is 13.7 Å². The van der Waals surface area contributed by atoms with Crippen molar-refractivity contribution in [3.8, 4) is 0 Å². The second-order valence-electron chi connectivity index (χ2n) is 5.05. The predicted molar refractivity (Wildman–Crippen MR) is 80.5 cm³/mol. The van der Waals surface area contributed by atoms with Crippen molar-refractivity contribution in [2.24, 2.45) is 0 Å². The molecule has 0 aliphatic rings. The van der Waals surface area contributed by atoms with Gasteiger partial charge in [-0.3, -0.25) is 5.10 Å². The number of nitrogens with one attached hydrogen (secondary N) is 2. The summed E-state index contributed by atoms with van der Waals surface area (Å²) in [5, 5.41) is 10.5. The van der Waals surface area contributed by atoms with Gasteiger partial charge in [0.1, 0.15) is 0 Å². The van der Waals surface area contributed by atoms with E-state index < -0.39 is 0 Å². The highest BCUT2D eigenvalue weighted by molar-refractivity contribution is 5.22. The van der Waals surface area contributed by atoms with Crippen LogP contribution in [0, 0.1) is 6.92 Å². The third-order valence-corrected chi connectivity index (χ3v) is 3.37. The lowest BCUT2D eigenvalue weighted by atomic mass is 10.1. The summed E-state index contributed by atoms with van der Waals surface area (Å²) in [5.41, 5.74) is 5.02. The molecule has 0 amide bonds. The van der Waals surface area contributed by atoms with Gasteiger partial charge in [-0.2, -0.15) is 5.10 Å². The van der Waals surface area contributed by atoms with Gasteiger partial charge < -0.3 is 10.1 Å². The Kier molecular flexibility index (Phi) is 5.77. The normalized spacial score (nSPS) is 10.9. The fraction of sp³-hybridized carbons (Fsp3) is 0.438. The Morgan fingerprint density at radius 2 is 2.15 bits per heavy atom. The van der Waals surface area contributed by atoms with Gasteiger partial charge in [-0.1, -0.05) is 24.3 Å². The number of benzene rings is 1. The molecule has 0 spiro atoms. The molecular formula is C16H23N3O. The molecule has 1 aromatic heterocycles. The summed E-state index contributed by atoms with van der Waals surface area (Å²) < 4.78 is 5.15. The number of H-pyrrole nitrogens is 1. The highest BCUT2D eigenvalue weighted by atomic mass is 16.5. The number of ether oxygens (including phenoxy) is 1. The average molecular weight is 273 g/mol. The molecule has 4 nitrogen and oxygen atoms in total. The highest BCUT2D eigenvalue weighted by Crippen LogP contribution is 2.07. The van der Waals surface area contributed by atoms with Crippen LogP contribution in [0.4, 0.5) is 0 Å². The lowest BCUT2D eigenvalue weighted by molar-refractivity contribution is 0.185. The van der Waals surface area contributed by atoms with Crippen LogP contribution in [-0.4, -0.2) is 23.9 Å². The zero-order valence-electron chi connectivity index (χ0n) is 12.3. The van der Waals surface area contributed by atoms with Gasteiger partial charge in [0.25, 0.3) is 0 Å². The Morgan fingerprint density at radius 3 is 2.90 bits per heavy atom. The van der Waals surface area contributed by atoms with Gasteiger partial charge in [-0.15, -0.1) is 0 Å². The van der Waals surface area contributed by atoms with E-state index in [1.165, 1.54) is 22.4 Å². The minimum absolute atomic E-state index is 0.674. The van der Waals surface area contributed by atoms with Gasteiger partial charge in [0, 0.05) is 19.3 Å². The molecule has 0 saturated heterocycles. The van der Waals surface area contributed by atoms with Crippen molar-refractivity contribution in [3.63, 3.8) is 0 Å². The maximum absolute atomic E-state index is 5.15. The van der Waals surface area contributed by atoms with Gasteiger partial charge in [0.05, 0.1) is 12.8 Å². The minimum atomic E-state index is 0.674. The van der Waals surface area contributed by atoms with Crippen molar-refractivity contribution >= 4 is 0 Å². The Balaban J connectivity index is 1.68. The predicted octanol–water partition coefficient (Wildman–Crippen LogP) is 2.59. The summed E-state index contributed by atoms with van der Waals surface area (Å²) in [6.07, 6.45) is 4.11. The molecule has 2 N–H and O–H groups in total. The molecule has 0 atom stereocenters. The molecule has 0 aliphatic carbocycles. The van der Waals surface area contributed by atoms with Gasteiger partial charge in [-0.25, -0.2) is 0 Å². The minimum Gasteiger partial charge on any atom is -0.380 e. The van der Waals surface area contributed by atoms with Crippen LogP contribution in [0.1, 0.15) is 28.8 Å². The highest BCUT2D eigenvalue weighted by Gasteiger charge is 2.00. The van der Waals surface area contributed by atoms with Crippen molar-refractivity contribution in [3.05, 3.63) is 52.8 Å². The molecule has 0 fully saturated rings. The van der Waals surface area contributed by atoms with Crippen LogP contribution in [-0.2, 0) is 24.3 Å². The summed E-state index contributed by atoms with van der Waals surface area (Å²) in [4.78, 5) is 0. The smallest absolute Gasteiger partial charge is 0.0713 e. The molecule has 20 heavy (non-hydrogen) atoms. The first-order chi connectivity index (χ1) is 9.79. The number of aromatic amines is 1. The first-order valence-electron chi connectivity index (χ1n) is 7.06. The summed E-state index contributed by atoms with van der Waals surface area (Å²) in [6, 6.07) is 8.51. The quantitative estimate of drug-likeness (QED) is 0.727. The molecule has 108 valence electrons. The average Bonchev–Trinajstić information content (AvgIpc) is 2.85. The Labute approximate surface area is 120 Å². The van der Waals surface area contributed by atoms with E-state index in [2.05, 4.69) is 46.7 Å². The third-order valence-electron chi connectivity index (χ3n) is 3.37. The van der Waals surface area contributed by atoms with Gasteiger partial charge in [-0.05, 0) is 43.0 Å². The van der Waals surface area contributed by atoms with Crippen LogP contribution in [0.25, 0.3) is 0 Å². The van der Waals surface area contributed by atoms with Crippen LogP contribution >= 0.6 is 0 Å². The fourth-order valence-electron chi connectivity index (χ4n) is 2.26. The molecule has 2 rings (SSSR count). The second kappa shape index (κ2) is 7.82. The molecule has 1 heterocycles. The monoisotopic (exact) mass is 273 g/mol. The maximum atomic E-state index is 5.15. The van der Waals surface area contributed by atoms with Gasteiger partial charge in [0.15, 0.2) is 0 Å². The van der Waals surface area contributed by atoms with Crippen molar-refractivity contribution in [2.45, 2.75) is 32.9 Å². The van der Waals surface area contributed by atoms with Crippen LogP contribution in [0.5, 0.6) is 0 Å². The van der Waals surface area contributed by atoms with Crippen molar-refractivity contribution < 1.29 is 4.74 Å². The number of nitrogens with zero attached hydrogens (tertiary/aromatic N) is 1. The Morgan fingerprint density at radius 1 is 1.30 bits per heavy atom. The lowest BCUT2D eigenvalue weighted by Gasteiger charge is -2.07. The molecular weight excluding hydrogens is 250 g/mol. The lowest BCUT2D eigenvalue weighted by Crippen LogP contribution is -2.15. The maximum Gasteiger partial charge on any atom is 0.0713 e. The number of aromatic nitrogens is 2. The number of methoxy groups -OCH3 is 1. The van der Waals surface area contributed by atoms with E-state index in [0.29, 0.717) is 6.61 Å². The van der Waals surface area contributed by atoms with E-state index in [4.69, 9.17) is 4.74 Å². The van der Waals surface area contributed by atoms with E-state index in [9.17, 15) is 0 Å². The van der Waals surface area contributed by atoms with Crippen LogP contribution in [0.2, 0.25) is 0 Å². The molecule has 0 unspecified atom stereocenters. The van der Waals surface area contributed by atoms with E-state index >= 15 is 0 Å². The third kappa shape index (κ3) is 4.47. The topological polar surface area (TPSA) is 49.9 Å². The Hall–Kier alpha value is -1.65. The summed E-state index contributed by atoms with van der Waals surface area (Å²) in [7, 11) is 1.72. The largest absolute Gasteiger partial charge is 0.380 e. The van der Waals surface area contributed by atoms with Gasteiger partial charge in [0.2, 0.25) is 0 Å². The molecule has 0 radical (unpaired) electrons. The van der Waals surface area contributed by atoms with Crippen LogP contribution < -0.4 is 5.32 Å². The van der Waals surface area contributed by atoms with Crippen LogP contribution in [0.3, 0.4) is 0 Å².